The van der Waals surface area contributed by atoms with Gasteiger partial charge in [0, 0.05) is 17.0 Å². The maximum absolute atomic E-state index is 12.6. The molecular weight excluding hydrogens is 244 g/mol. The first-order chi connectivity index (χ1) is 8.75. The zero-order valence-corrected chi connectivity index (χ0v) is 11.4. The Morgan fingerprint density at radius 2 is 2.22 bits per heavy atom. The zero-order chi connectivity index (χ0) is 12.5. The van der Waals surface area contributed by atoms with Gasteiger partial charge in [0.2, 0.25) is 5.91 Å². The van der Waals surface area contributed by atoms with Gasteiger partial charge in [0.05, 0.1) is 12.5 Å². The maximum atomic E-state index is 12.6. The van der Waals surface area contributed by atoms with Crippen molar-refractivity contribution >= 4 is 17.2 Å². The van der Waals surface area contributed by atoms with Crippen molar-refractivity contribution in [1.82, 2.24) is 4.90 Å². The number of carbonyl (C=O) groups is 1. The van der Waals surface area contributed by atoms with E-state index in [9.17, 15) is 4.79 Å². The highest BCUT2D eigenvalue weighted by Gasteiger charge is 2.39. The second-order valence-electron chi connectivity index (χ2n) is 5.48. The molecule has 1 heterocycles. The van der Waals surface area contributed by atoms with E-state index in [1.807, 2.05) is 0 Å². The zero-order valence-electron chi connectivity index (χ0n) is 10.5. The molecule has 0 bridgehead atoms. The van der Waals surface area contributed by atoms with E-state index in [2.05, 4.69) is 22.4 Å². The molecule has 18 heavy (non-hydrogen) atoms. The Labute approximate surface area is 112 Å². The lowest BCUT2D eigenvalue weighted by Gasteiger charge is -2.27. The molecule has 2 atom stereocenters. The molecule has 2 aliphatic carbocycles. The molecule has 2 fully saturated rings. The fraction of sp³-hybridized carbons (Fsp3) is 0.643. The van der Waals surface area contributed by atoms with E-state index in [1.165, 1.54) is 17.7 Å². The van der Waals surface area contributed by atoms with Crippen molar-refractivity contribution < 1.29 is 4.79 Å². The second-order valence-corrected chi connectivity index (χ2v) is 6.51. The lowest BCUT2D eigenvalue weighted by atomic mass is 10.0. The van der Waals surface area contributed by atoms with Gasteiger partial charge in [-0.3, -0.25) is 4.79 Å². The first kappa shape index (κ1) is 12.2. The predicted octanol–water partition coefficient (Wildman–Crippen LogP) is 2.37. The summed E-state index contributed by atoms with van der Waals surface area (Å²) in [6, 6.07) is 4.73. The summed E-state index contributed by atoms with van der Waals surface area (Å²) >= 11 is 1.73. The normalized spacial score (nSPS) is 27.4. The quantitative estimate of drug-likeness (QED) is 0.907. The van der Waals surface area contributed by atoms with Crippen LogP contribution in [0, 0.1) is 5.92 Å². The summed E-state index contributed by atoms with van der Waals surface area (Å²) in [5.74, 6) is 0.376. The lowest BCUT2D eigenvalue weighted by molar-refractivity contribution is -0.136. The molecule has 1 aromatic heterocycles. The van der Waals surface area contributed by atoms with Crippen molar-refractivity contribution in [2.24, 2.45) is 11.7 Å². The third-order valence-electron chi connectivity index (χ3n) is 4.06. The topological polar surface area (TPSA) is 46.3 Å². The summed E-state index contributed by atoms with van der Waals surface area (Å²) in [5, 5.41) is 2.08. The molecule has 0 saturated heterocycles. The van der Waals surface area contributed by atoms with Crippen LogP contribution in [0.3, 0.4) is 0 Å². The molecule has 0 aromatic carbocycles. The van der Waals surface area contributed by atoms with Crippen molar-refractivity contribution in [3.05, 3.63) is 22.4 Å². The van der Waals surface area contributed by atoms with Gasteiger partial charge in [-0.25, -0.2) is 0 Å². The molecule has 0 spiro atoms. The van der Waals surface area contributed by atoms with Crippen molar-refractivity contribution in [3.63, 3.8) is 0 Å². The Balaban J connectivity index is 1.71. The highest BCUT2D eigenvalue weighted by molar-refractivity contribution is 7.09. The number of amides is 1. The van der Waals surface area contributed by atoms with Crippen molar-refractivity contribution in [3.8, 4) is 0 Å². The molecular formula is C14H20N2OS. The predicted molar refractivity (Wildman–Crippen MR) is 73.2 cm³/mol. The number of hydrogen-bond donors (Lipinski definition) is 1. The van der Waals surface area contributed by atoms with Gasteiger partial charge in [0.25, 0.3) is 0 Å². The van der Waals surface area contributed by atoms with Gasteiger partial charge in [-0.05, 0) is 37.1 Å². The van der Waals surface area contributed by atoms with Crippen LogP contribution in [-0.2, 0) is 11.3 Å². The minimum Gasteiger partial charge on any atom is -0.334 e. The van der Waals surface area contributed by atoms with E-state index >= 15 is 0 Å². The van der Waals surface area contributed by atoms with E-state index in [1.54, 1.807) is 11.3 Å². The van der Waals surface area contributed by atoms with Crippen LogP contribution >= 0.6 is 11.3 Å². The first-order valence-electron chi connectivity index (χ1n) is 6.84. The van der Waals surface area contributed by atoms with Crippen LogP contribution in [0.2, 0.25) is 0 Å². The Bertz CT molecular complexity index is 413. The lowest BCUT2D eigenvalue weighted by Crippen LogP contribution is -2.42. The largest absolute Gasteiger partial charge is 0.334 e. The Morgan fingerprint density at radius 3 is 2.78 bits per heavy atom. The number of nitrogens with zero attached hydrogens (tertiary/aromatic N) is 1. The Hall–Kier alpha value is -0.870. The number of rotatable bonds is 4. The summed E-state index contributed by atoms with van der Waals surface area (Å²) in [5.41, 5.74) is 6.07. The number of nitrogens with two attached hydrogens (primary N) is 1. The summed E-state index contributed by atoms with van der Waals surface area (Å²) in [4.78, 5) is 16.0. The molecule has 3 nitrogen and oxygen atoms in total. The van der Waals surface area contributed by atoms with Crippen molar-refractivity contribution in [1.29, 1.82) is 0 Å². The summed E-state index contributed by atoms with van der Waals surface area (Å²) in [7, 11) is 0. The van der Waals surface area contributed by atoms with Gasteiger partial charge >= 0.3 is 0 Å². The van der Waals surface area contributed by atoms with Gasteiger partial charge in [0.1, 0.15) is 0 Å². The van der Waals surface area contributed by atoms with Crippen LogP contribution in [0.5, 0.6) is 0 Å². The van der Waals surface area contributed by atoms with E-state index < -0.39 is 0 Å². The molecule has 2 unspecified atom stereocenters. The fourth-order valence-corrected chi connectivity index (χ4v) is 3.55. The van der Waals surface area contributed by atoms with E-state index in [0.29, 0.717) is 11.9 Å². The van der Waals surface area contributed by atoms with E-state index in [0.717, 1.165) is 25.8 Å². The molecule has 1 aromatic rings. The number of hydrogen-bond acceptors (Lipinski definition) is 3. The molecule has 2 N–H and O–H groups in total. The summed E-state index contributed by atoms with van der Waals surface area (Å²) in [6.07, 6.45) is 5.43. The van der Waals surface area contributed by atoms with Crippen LogP contribution in [0.15, 0.2) is 17.5 Å². The highest BCUT2D eigenvalue weighted by Crippen LogP contribution is 2.34. The average molecular weight is 264 g/mol. The minimum absolute atomic E-state index is 0.0746. The van der Waals surface area contributed by atoms with E-state index in [4.69, 9.17) is 5.73 Å². The van der Waals surface area contributed by atoms with Gasteiger partial charge in [-0.15, -0.1) is 11.3 Å². The summed E-state index contributed by atoms with van der Waals surface area (Å²) < 4.78 is 0. The average Bonchev–Trinajstić information content (AvgIpc) is 2.89. The van der Waals surface area contributed by atoms with Crippen LogP contribution in [0.1, 0.15) is 37.0 Å². The van der Waals surface area contributed by atoms with Crippen LogP contribution in [0.25, 0.3) is 0 Å². The Morgan fingerprint density at radius 1 is 1.39 bits per heavy atom. The molecule has 0 radical (unpaired) electrons. The monoisotopic (exact) mass is 264 g/mol. The van der Waals surface area contributed by atoms with Gasteiger partial charge in [-0.1, -0.05) is 12.5 Å². The van der Waals surface area contributed by atoms with Gasteiger partial charge < -0.3 is 10.6 Å². The Kier molecular flexibility index (Phi) is 3.39. The van der Waals surface area contributed by atoms with Gasteiger partial charge in [-0.2, -0.15) is 0 Å². The fourth-order valence-electron chi connectivity index (χ4n) is 2.85. The molecule has 98 valence electrons. The number of thiophene rings is 1. The first-order valence-corrected chi connectivity index (χ1v) is 7.72. The van der Waals surface area contributed by atoms with Crippen LogP contribution < -0.4 is 5.73 Å². The maximum Gasteiger partial charge on any atom is 0.227 e. The molecule has 2 aliphatic rings. The molecule has 1 amide bonds. The third kappa shape index (κ3) is 2.45. The minimum atomic E-state index is 0.0746. The van der Waals surface area contributed by atoms with Crippen LogP contribution in [0.4, 0.5) is 0 Å². The molecule has 0 aliphatic heterocycles. The van der Waals surface area contributed by atoms with Crippen molar-refractivity contribution in [2.75, 3.05) is 0 Å². The second kappa shape index (κ2) is 5.02. The van der Waals surface area contributed by atoms with Crippen molar-refractivity contribution in [2.45, 2.75) is 50.7 Å². The third-order valence-corrected chi connectivity index (χ3v) is 4.92. The molecule has 3 rings (SSSR count). The highest BCUT2D eigenvalue weighted by atomic mass is 32.1. The molecule has 4 heteroatoms. The van der Waals surface area contributed by atoms with E-state index in [-0.39, 0.29) is 12.0 Å². The SMILES string of the molecule is NC1CCCC1C(=O)N(Cc1cccs1)C1CC1. The molecule has 2 saturated carbocycles. The summed E-state index contributed by atoms with van der Waals surface area (Å²) in [6.45, 7) is 0.782. The standard InChI is InChI=1S/C14H20N2OS/c15-13-5-1-4-12(13)14(17)16(10-6-7-10)9-11-3-2-8-18-11/h2-3,8,10,12-13H,1,4-7,9,15H2. The smallest absolute Gasteiger partial charge is 0.227 e. The van der Waals surface area contributed by atoms with Crippen LogP contribution in [-0.4, -0.2) is 22.9 Å². The van der Waals surface area contributed by atoms with Gasteiger partial charge in [0.15, 0.2) is 0 Å². The number of carbonyl (C=O) groups excluding carboxylic acids is 1.